The minimum atomic E-state index is -0.793. The summed E-state index contributed by atoms with van der Waals surface area (Å²) >= 11 is 0. The second-order valence-electron chi connectivity index (χ2n) is 15.4. The third kappa shape index (κ3) is 20.5. The number of allylic oxidation sites excluding steroid dienone is 1. The van der Waals surface area contributed by atoms with Crippen LogP contribution in [0.2, 0.25) is 0 Å². The first kappa shape index (κ1) is 53.1. The van der Waals surface area contributed by atoms with Crippen LogP contribution in [0, 0.1) is 23.7 Å². The largest absolute Gasteiger partial charge is 0.472 e. The fraction of sp³-hybridized carbons (Fsp3) is 0.953. The third-order valence-electron chi connectivity index (χ3n) is 11.2. The van der Waals surface area contributed by atoms with Crippen molar-refractivity contribution in [3.63, 3.8) is 0 Å². The molecule has 0 aromatic heterocycles. The third-order valence-corrected chi connectivity index (χ3v) is 11.2. The van der Waals surface area contributed by atoms with Gasteiger partial charge in [0.15, 0.2) is 6.29 Å². The molecule has 0 amide bonds. The Labute approximate surface area is 330 Å². The summed E-state index contributed by atoms with van der Waals surface area (Å²) < 4.78 is 51.9. The summed E-state index contributed by atoms with van der Waals surface area (Å²) in [6, 6.07) is 0. The number of hydrogen-bond donors (Lipinski definition) is 1. The van der Waals surface area contributed by atoms with Crippen molar-refractivity contribution in [1.29, 1.82) is 0 Å². The maximum atomic E-state index is 10.1. The molecule has 0 aliphatic carbocycles. The molecular formula is C43H85FO10. The van der Waals surface area contributed by atoms with E-state index in [9.17, 15) is 5.11 Å². The van der Waals surface area contributed by atoms with Crippen LogP contribution in [0.3, 0.4) is 0 Å². The monoisotopic (exact) mass is 781 g/mol. The van der Waals surface area contributed by atoms with Crippen LogP contribution in [0.15, 0.2) is 12.3 Å². The highest BCUT2D eigenvalue weighted by molar-refractivity contribution is 4.88. The molecule has 0 aromatic carbocycles. The Kier molecular flexibility index (Phi) is 32.6. The predicted molar refractivity (Wildman–Crippen MR) is 215 cm³/mol. The van der Waals surface area contributed by atoms with Crippen molar-refractivity contribution in [3.8, 4) is 0 Å². The van der Waals surface area contributed by atoms with E-state index < -0.39 is 6.29 Å². The number of aliphatic hydroxyl groups excluding tert-OH is 1. The van der Waals surface area contributed by atoms with Crippen LogP contribution in [0.1, 0.15) is 138 Å². The molecule has 0 radical (unpaired) electrons. The zero-order valence-corrected chi connectivity index (χ0v) is 36.3. The lowest BCUT2D eigenvalue weighted by Crippen LogP contribution is -2.52. The number of halogens is 1. The molecule has 324 valence electrons. The average molecular weight is 781 g/mol. The molecule has 2 rings (SSSR count). The van der Waals surface area contributed by atoms with Gasteiger partial charge in [-0.1, -0.05) is 112 Å². The second-order valence-corrected chi connectivity index (χ2v) is 15.4. The van der Waals surface area contributed by atoms with Gasteiger partial charge in [-0.3, -0.25) is 4.70 Å². The number of rotatable bonds is 28. The zero-order chi connectivity index (χ0) is 39.4. The molecular weight excluding hydrogens is 695 g/mol. The number of hydrogen-bond acceptors (Lipinski definition) is 10. The molecule has 0 aromatic rings. The van der Waals surface area contributed by atoms with Gasteiger partial charge >= 0.3 is 0 Å². The number of aliphatic hydroxyl groups is 1. The zero-order valence-electron chi connectivity index (χ0n) is 36.3. The normalized spacial score (nSPS) is 29.6. The van der Waals surface area contributed by atoms with Crippen LogP contribution in [-0.2, 0) is 42.6 Å². The van der Waals surface area contributed by atoms with Crippen LogP contribution >= 0.6 is 0 Å². The van der Waals surface area contributed by atoms with E-state index in [-0.39, 0.29) is 71.3 Å². The summed E-state index contributed by atoms with van der Waals surface area (Å²) in [5.41, 5.74) is 0. The maximum absolute atomic E-state index is 10.1. The summed E-state index contributed by atoms with van der Waals surface area (Å²) in [6.45, 7) is 17.2. The Hall–Kier alpha value is -0.890. The van der Waals surface area contributed by atoms with Gasteiger partial charge in [0.2, 0.25) is 6.29 Å². The van der Waals surface area contributed by atoms with Crippen molar-refractivity contribution in [2.75, 3.05) is 54.9 Å². The summed E-state index contributed by atoms with van der Waals surface area (Å²) in [7, 11) is 6.95. The molecule has 1 N–H and O–H groups in total. The van der Waals surface area contributed by atoms with Crippen molar-refractivity contribution >= 4 is 0 Å². The van der Waals surface area contributed by atoms with Crippen molar-refractivity contribution in [2.24, 2.45) is 23.7 Å². The summed E-state index contributed by atoms with van der Waals surface area (Å²) in [6.07, 6.45) is 19.8. The lowest BCUT2D eigenvalue weighted by Gasteiger charge is -2.43. The first-order chi connectivity index (χ1) is 25.6. The number of ether oxygens (including phenoxy) is 9. The molecule has 10 nitrogen and oxygen atoms in total. The molecule has 0 bridgehead atoms. The maximum Gasteiger partial charge on any atom is 0.204 e. The molecule has 0 saturated carbocycles. The molecule has 0 spiro atoms. The van der Waals surface area contributed by atoms with Crippen molar-refractivity contribution in [2.45, 2.75) is 188 Å². The minimum absolute atomic E-state index is 0. The van der Waals surface area contributed by atoms with Crippen molar-refractivity contribution in [1.82, 2.24) is 0 Å². The minimum Gasteiger partial charge on any atom is -0.472 e. The molecule has 3 unspecified atom stereocenters. The first-order valence-corrected chi connectivity index (χ1v) is 21.2. The first-order valence-electron chi connectivity index (χ1n) is 21.2. The van der Waals surface area contributed by atoms with E-state index in [1.54, 1.807) is 27.6 Å². The van der Waals surface area contributed by atoms with Gasteiger partial charge in [0, 0.05) is 65.3 Å². The van der Waals surface area contributed by atoms with Gasteiger partial charge in [0.25, 0.3) is 0 Å². The Morgan fingerprint density at radius 3 is 1.46 bits per heavy atom. The summed E-state index contributed by atoms with van der Waals surface area (Å²) in [4.78, 5) is 0. The molecule has 2 aliphatic rings. The van der Waals surface area contributed by atoms with E-state index >= 15 is 0 Å². The van der Waals surface area contributed by atoms with Gasteiger partial charge in [-0.2, -0.15) is 0 Å². The fourth-order valence-electron chi connectivity index (χ4n) is 7.56. The average Bonchev–Trinajstić information content (AvgIpc) is 3.15. The van der Waals surface area contributed by atoms with Crippen LogP contribution in [0.5, 0.6) is 0 Å². The second kappa shape index (κ2) is 33.1. The molecule has 11 heteroatoms. The van der Waals surface area contributed by atoms with Gasteiger partial charge in [-0.15, -0.1) is 0 Å². The van der Waals surface area contributed by atoms with Gasteiger partial charge in [-0.05, 0) is 32.6 Å². The van der Waals surface area contributed by atoms with E-state index in [0.29, 0.717) is 26.4 Å². The Morgan fingerprint density at radius 1 is 0.593 bits per heavy atom. The molecule has 2 aliphatic heterocycles. The Balaban J connectivity index is 0.00000103. The van der Waals surface area contributed by atoms with Crippen molar-refractivity contribution in [3.05, 3.63) is 12.3 Å². The highest BCUT2D eigenvalue weighted by atomic mass is 19.0. The number of unbranched alkanes of at least 4 members (excludes halogenated alkanes) is 8. The van der Waals surface area contributed by atoms with Crippen LogP contribution in [0.25, 0.3) is 0 Å². The quantitative estimate of drug-likeness (QED) is 0.0611. The van der Waals surface area contributed by atoms with E-state index in [1.165, 1.54) is 64.2 Å². The molecule has 2 fully saturated rings. The van der Waals surface area contributed by atoms with Crippen LogP contribution in [0.4, 0.5) is 4.70 Å². The van der Waals surface area contributed by atoms with Gasteiger partial charge in [0.05, 0.1) is 56.1 Å². The standard InChI is InChI=1S/C23H44O5.C20H40O5.FH/c1-7-9-10-11-12-13-20(25-6)14-16-26-22-18(3)21(17-24-5)28-23(19(22)4)27-15-8-2;1-6-7-8-9-10-11-17(23-5)12-13-24-19-15(2)18(14-22-4)25-20(21)16(19)3;/h8,15,18-23H,7,9-14,16-17H2,1-6H3;15-21H,6-14H2,1-5H3;1H/b15-8-;;/t18-,19-,20-,21?,22+,23+;15-,16-,17-,18?,19+,20?;/m11./s1. The summed E-state index contributed by atoms with van der Waals surface area (Å²) in [5.74, 6) is 0.538. The highest BCUT2D eigenvalue weighted by Crippen LogP contribution is 2.34. The van der Waals surface area contributed by atoms with Crippen molar-refractivity contribution < 1.29 is 52.4 Å². The number of methoxy groups -OCH3 is 4. The molecule has 54 heavy (non-hydrogen) atoms. The van der Waals surface area contributed by atoms with Gasteiger partial charge < -0.3 is 47.7 Å². The van der Waals surface area contributed by atoms with E-state index in [0.717, 1.165) is 25.7 Å². The molecule has 2 saturated heterocycles. The Bertz CT molecular complexity index is 868. The smallest absolute Gasteiger partial charge is 0.204 e. The summed E-state index contributed by atoms with van der Waals surface area (Å²) in [5, 5.41) is 10.1. The SMILES string of the molecule is C/C=C\O[C@H]1OC(COC)[C@@H](C)[C@H](OCC[C@@H](CCCCCCC)OC)[C@H]1C.CCCCCCC[C@H](CCO[C@H]1[C@H](C)C(COC)OC(O)[C@@H]1C)OC.F. The van der Waals surface area contributed by atoms with Gasteiger partial charge in [-0.25, -0.2) is 0 Å². The van der Waals surface area contributed by atoms with Crippen LogP contribution in [-0.4, -0.2) is 109 Å². The van der Waals surface area contributed by atoms with Gasteiger partial charge in [0.1, 0.15) is 0 Å². The van der Waals surface area contributed by atoms with Crippen LogP contribution < -0.4 is 0 Å². The molecule has 2 heterocycles. The lowest BCUT2D eigenvalue weighted by molar-refractivity contribution is -0.260. The van der Waals surface area contributed by atoms with E-state index in [4.69, 9.17) is 42.6 Å². The predicted octanol–water partition coefficient (Wildman–Crippen LogP) is 9.26. The highest BCUT2D eigenvalue weighted by Gasteiger charge is 2.43. The fourth-order valence-corrected chi connectivity index (χ4v) is 7.56. The Morgan fingerprint density at radius 2 is 1.04 bits per heavy atom. The van der Waals surface area contributed by atoms with E-state index in [2.05, 4.69) is 34.6 Å². The van der Waals surface area contributed by atoms with E-state index in [1.807, 2.05) is 27.0 Å². The lowest BCUT2D eigenvalue weighted by atomic mass is 9.85. The molecule has 12 atom stereocenters. The topological polar surface area (TPSA) is 103 Å².